The number of hydrogen-bond acceptors (Lipinski definition) is 5. The molecule has 0 saturated carbocycles. The number of nitrogens with one attached hydrogen (secondary N) is 1. The summed E-state index contributed by atoms with van der Waals surface area (Å²) in [6.07, 6.45) is 4.65. The summed E-state index contributed by atoms with van der Waals surface area (Å²) >= 11 is 0. The third kappa shape index (κ3) is 1.98. The standard InChI is InChI=1S/C9H9N5O/c1-14-6-2-3-7(8(14)15)12-9-10-4-5-11-13-9/h2-6H,1H3,(H,10,12,13). The minimum absolute atomic E-state index is 0.134. The van der Waals surface area contributed by atoms with Crippen LogP contribution < -0.4 is 10.9 Å². The molecule has 0 fully saturated rings. The zero-order chi connectivity index (χ0) is 10.7. The number of nitrogens with zero attached hydrogens (tertiary/aromatic N) is 4. The molecule has 0 bridgehead atoms. The summed E-state index contributed by atoms with van der Waals surface area (Å²) in [7, 11) is 1.68. The Labute approximate surface area is 85.6 Å². The molecule has 2 rings (SSSR count). The summed E-state index contributed by atoms with van der Waals surface area (Å²) in [6, 6.07) is 3.43. The van der Waals surface area contributed by atoms with Gasteiger partial charge in [-0.2, -0.15) is 5.10 Å². The quantitative estimate of drug-likeness (QED) is 0.760. The molecule has 1 N–H and O–H groups in total. The van der Waals surface area contributed by atoms with Gasteiger partial charge in [-0.15, -0.1) is 5.10 Å². The zero-order valence-corrected chi connectivity index (χ0v) is 8.08. The summed E-state index contributed by atoms with van der Waals surface area (Å²) in [5.41, 5.74) is 0.290. The molecule has 6 nitrogen and oxygen atoms in total. The maximum atomic E-state index is 11.6. The average molecular weight is 203 g/mol. The molecule has 76 valence electrons. The van der Waals surface area contributed by atoms with Crippen molar-refractivity contribution in [1.29, 1.82) is 0 Å². The molecule has 6 heteroatoms. The molecule has 2 aromatic heterocycles. The molecule has 0 aliphatic heterocycles. The average Bonchev–Trinajstić information content (AvgIpc) is 2.26. The lowest BCUT2D eigenvalue weighted by Gasteiger charge is -2.03. The molecular weight excluding hydrogens is 194 g/mol. The van der Waals surface area contributed by atoms with E-state index in [4.69, 9.17) is 0 Å². The van der Waals surface area contributed by atoms with Crippen LogP contribution in [0.1, 0.15) is 0 Å². The maximum Gasteiger partial charge on any atom is 0.274 e. The van der Waals surface area contributed by atoms with Crippen molar-refractivity contribution < 1.29 is 0 Å². The Kier molecular flexibility index (Phi) is 2.40. The largest absolute Gasteiger partial charge is 0.318 e. The van der Waals surface area contributed by atoms with Crippen molar-refractivity contribution in [2.45, 2.75) is 0 Å². The fourth-order valence-corrected chi connectivity index (χ4v) is 1.12. The van der Waals surface area contributed by atoms with Gasteiger partial charge in [0.25, 0.3) is 5.56 Å². The van der Waals surface area contributed by atoms with E-state index in [1.54, 1.807) is 25.4 Å². The Morgan fingerprint density at radius 1 is 1.40 bits per heavy atom. The second kappa shape index (κ2) is 3.87. The third-order valence-corrected chi connectivity index (χ3v) is 1.85. The van der Waals surface area contributed by atoms with Gasteiger partial charge in [-0.1, -0.05) is 0 Å². The van der Waals surface area contributed by atoms with Gasteiger partial charge in [-0.3, -0.25) is 4.79 Å². The normalized spacial score (nSPS) is 9.93. The Bertz CT molecular complexity index is 507. The van der Waals surface area contributed by atoms with E-state index in [0.717, 1.165) is 0 Å². The molecule has 15 heavy (non-hydrogen) atoms. The molecule has 0 aromatic carbocycles. The summed E-state index contributed by atoms with van der Waals surface area (Å²) in [5.74, 6) is 0.306. The number of aromatic nitrogens is 4. The van der Waals surface area contributed by atoms with Crippen LogP contribution in [-0.4, -0.2) is 19.7 Å². The van der Waals surface area contributed by atoms with Gasteiger partial charge < -0.3 is 9.88 Å². The van der Waals surface area contributed by atoms with E-state index in [9.17, 15) is 4.79 Å². The van der Waals surface area contributed by atoms with E-state index in [1.165, 1.54) is 17.0 Å². The van der Waals surface area contributed by atoms with E-state index in [1.807, 2.05) is 0 Å². The molecule has 0 saturated heterocycles. The smallest absolute Gasteiger partial charge is 0.274 e. The van der Waals surface area contributed by atoms with Crippen molar-refractivity contribution in [3.8, 4) is 0 Å². The fourth-order valence-electron chi connectivity index (χ4n) is 1.12. The molecule has 2 aromatic rings. The van der Waals surface area contributed by atoms with Crippen LogP contribution in [0.3, 0.4) is 0 Å². The minimum atomic E-state index is -0.134. The summed E-state index contributed by atoms with van der Waals surface area (Å²) in [5, 5.41) is 10.2. The number of anilines is 2. The first-order chi connectivity index (χ1) is 7.27. The van der Waals surface area contributed by atoms with E-state index in [-0.39, 0.29) is 5.56 Å². The highest BCUT2D eigenvalue weighted by Crippen LogP contribution is 2.04. The molecule has 0 atom stereocenters. The van der Waals surface area contributed by atoms with Gasteiger partial charge in [0, 0.05) is 13.2 Å². The number of pyridine rings is 1. The predicted octanol–water partition coefficient (Wildman–Crippen LogP) is 0.314. The van der Waals surface area contributed by atoms with Gasteiger partial charge in [-0.25, -0.2) is 4.98 Å². The van der Waals surface area contributed by atoms with Gasteiger partial charge in [-0.05, 0) is 12.1 Å². The summed E-state index contributed by atoms with van der Waals surface area (Å²) in [6.45, 7) is 0. The van der Waals surface area contributed by atoms with Crippen LogP contribution in [0.15, 0.2) is 35.5 Å². The third-order valence-electron chi connectivity index (χ3n) is 1.85. The monoisotopic (exact) mass is 203 g/mol. The van der Waals surface area contributed by atoms with Crippen molar-refractivity contribution >= 4 is 11.6 Å². The summed E-state index contributed by atoms with van der Waals surface area (Å²) < 4.78 is 1.47. The first-order valence-electron chi connectivity index (χ1n) is 4.34. The Morgan fingerprint density at radius 3 is 3.00 bits per heavy atom. The minimum Gasteiger partial charge on any atom is -0.318 e. The van der Waals surface area contributed by atoms with Gasteiger partial charge in [0.15, 0.2) is 0 Å². The lowest BCUT2D eigenvalue weighted by atomic mass is 10.4. The van der Waals surface area contributed by atoms with Gasteiger partial charge in [0.05, 0.1) is 12.4 Å². The number of rotatable bonds is 2. The molecule has 2 heterocycles. The molecule has 0 spiro atoms. The van der Waals surface area contributed by atoms with Crippen LogP contribution >= 0.6 is 0 Å². The lowest BCUT2D eigenvalue weighted by molar-refractivity contribution is 0.861. The topological polar surface area (TPSA) is 72.7 Å². The SMILES string of the molecule is Cn1cccc(Nc2nccnn2)c1=O. The molecular formula is C9H9N5O. The van der Waals surface area contributed by atoms with E-state index < -0.39 is 0 Å². The second-order valence-electron chi connectivity index (χ2n) is 2.93. The predicted molar refractivity (Wildman–Crippen MR) is 54.8 cm³/mol. The Morgan fingerprint density at radius 2 is 2.27 bits per heavy atom. The van der Waals surface area contributed by atoms with Crippen LogP contribution in [0.2, 0.25) is 0 Å². The van der Waals surface area contributed by atoms with Gasteiger partial charge >= 0.3 is 0 Å². The van der Waals surface area contributed by atoms with Crippen molar-refractivity contribution in [3.63, 3.8) is 0 Å². The first-order valence-corrected chi connectivity index (χ1v) is 4.34. The van der Waals surface area contributed by atoms with Crippen LogP contribution in [0.4, 0.5) is 11.6 Å². The highest BCUT2D eigenvalue weighted by atomic mass is 16.1. The van der Waals surface area contributed by atoms with Crippen molar-refractivity contribution in [2.24, 2.45) is 7.05 Å². The van der Waals surface area contributed by atoms with Crippen LogP contribution in [0, 0.1) is 0 Å². The van der Waals surface area contributed by atoms with Crippen molar-refractivity contribution in [2.75, 3.05) is 5.32 Å². The lowest BCUT2D eigenvalue weighted by Crippen LogP contribution is -2.19. The van der Waals surface area contributed by atoms with Crippen LogP contribution in [0.25, 0.3) is 0 Å². The zero-order valence-electron chi connectivity index (χ0n) is 8.08. The summed E-state index contributed by atoms with van der Waals surface area (Å²) in [4.78, 5) is 15.5. The van der Waals surface area contributed by atoms with Crippen molar-refractivity contribution in [1.82, 2.24) is 19.7 Å². The Hall–Kier alpha value is -2.24. The highest BCUT2D eigenvalue weighted by Gasteiger charge is 2.01. The van der Waals surface area contributed by atoms with Gasteiger partial charge in [0.1, 0.15) is 5.69 Å². The molecule has 0 unspecified atom stereocenters. The first kappa shape index (κ1) is 9.32. The fraction of sp³-hybridized carbons (Fsp3) is 0.111. The van der Waals surface area contributed by atoms with E-state index in [2.05, 4.69) is 20.5 Å². The molecule has 0 aliphatic carbocycles. The van der Waals surface area contributed by atoms with Gasteiger partial charge in [0.2, 0.25) is 5.95 Å². The number of aryl methyl sites for hydroxylation is 1. The van der Waals surface area contributed by atoms with E-state index in [0.29, 0.717) is 11.6 Å². The second-order valence-corrected chi connectivity index (χ2v) is 2.93. The molecule has 0 aliphatic rings. The number of hydrogen-bond donors (Lipinski definition) is 1. The van der Waals surface area contributed by atoms with E-state index >= 15 is 0 Å². The van der Waals surface area contributed by atoms with Crippen LogP contribution in [-0.2, 0) is 7.05 Å². The van der Waals surface area contributed by atoms with Crippen molar-refractivity contribution in [3.05, 3.63) is 41.1 Å². The van der Waals surface area contributed by atoms with Crippen LogP contribution in [0.5, 0.6) is 0 Å². The Balaban J connectivity index is 2.33. The maximum absolute atomic E-state index is 11.6. The molecule has 0 amide bonds. The highest BCUT2D eigenvalue weighted by molar-refractivity contribution is 5.50. The molecule has 0 radical (unpaired) electrons.